The summed E-state index contributed by atoms with van der Waals surface area (Å²) in [6.07, 6.45) is 2.71. The first-order valence-corrected chi connectivity index (χ1v) is 12.8. The second-order valence-electron chi connectivity index (χ2n) is 7.29. The summed E-state index contributed by atoms with van der Waals surface area (Å²) in [5.74, 6) is 0.831. The highest BCUT2D eigenvalue weighted by molar-refractivity contribution is 8.00. The van der Waals surface area contributed by atoms with E-state index in [0.29, 0.717) is 17.7 Å². The maximum atomic E-state index is 12.9. The number of nitrogens with one attached hydrogen (secondary N) is 1. The van der Waals surface area contributed by atoms with Crippen molar-refractivity contribution in [2.24, 2.45) is 0 Å². The van der Waals surface area contributed by atoms with Gasteiger partial charge in [0.15, 0.2) is 10.9 Å². The first-order chi connectivity index (χ1) is 14.8. The molecule has 31 heavy (non-hydrogen) atoms. The van der Waals surface area contributed by atoms with E-state index in [0.717, 1.165) is 35.8 Å². The molecule has 0 fully saturated rings. The van der Waals surface area contributed by atoms with E-state index in [2.05, 4.69) is 38.5 Å². The van der Waals surface area contributed by atoms with Crippen LogP contribution in [0.2, 0.25) is 0 Å². The molecule has 0 saturated heterocycles. The molecule has 0 radical (unpaired) electrons. The van der Waals surface area contributed by atoms with Crippen LogP contribution in [-0.2, 0) is 23.0 Å². The summed E-state index contributed by atoms with van der Waals surface area (Å²) in [7, 11) is -3.35. The zero-order valence-corrected chi connectivity index (χ0v) is 19.4. The van der Waals surface area contributed by atoms with Crippen LogP contribution in [0.25, 0.3) is 0 Å². The van der Waals surface area contributed by atoms with Crippen LogP contribution >= 0.6 is 11.8 Å². The maximum absolute atomic E-state index is 12.9. The van der Waals surface area contributed by atoms with Gasteiger partial charge < -0.3 is 4.57 Å². The van der Waals surface area contributed by atoms with Gasteiger partial charge in [0.1, 0.15) is 5.82 Å². The molecule has 2 aromatic carbocycles. The first-order valence-electron chi connectivity index (χ1n) is 10.0. The molecule has 0 aliphatic heterocycles. The fourth-order valence-corrected chi connectivity index (χ4v) is 4.66. The molecule has 1 N–H and O–H groups in total. The van der Waals surface area contributed by atoms with Gasteiger partial charge in [0.25, 0.3) is 0 Å². The fourth-order valence-electron chi connectivity index (χ4n) is 3.13. The molecule has 0 spiro atoms. The molecule has 3 aromatic rings. The first kappa shape index (κ1) is 23.0. The van der Waals surface area contributed by atoms with Gasteiger partial charge in [-0.1, -0.05) is 49.0 Å². The van der Waals surface area contributed by atoms with Crippen molar-refractivity contribution >= 4 is 33.3 Å². The Labute approximate surface area is 187 Å². The number of aromatic nitrogens is 3. The van der Waals surface area contributed by atoms with Gasteiger partial charge in [-0.3, -0.25) is 9.52 Å². The predicted molar refractivity (Wildman–Crippen MR) is 124 cm³/mol. The maximum Gasteiger partial charge on any atom is 0.229 e. The van der Waals surface area contributed by atoms with Crippen molar-refractivity contribution in [2.75, 3.05) is 11.0 Å². The minimum atomic E-state index is -3.35. The van der Waals surface area contributed by atoms with Crippen LogP contribution in [0.4, 0.5) is 5.69 Å². The average Bonchev–Trinajstić information content (AvgIpc) is 3.09. The largest absolute Gasteiger partial charge is 0.306 e. The van der Waals surface area contributed by atoms with Crippen LogP contribution < -0.4 is 4.72 Å². The Morgan fingerprint density at radius 1 is 1.10 bits per heavy atom. The Balaban J connectivity index is 1.73. The average molecular weight is 459 g/mol. The van der Waals surface area contributed by atoms with E-state index in [4.69, 9.17) is 0 Å². The fraction of sp³-hybridized carbons (Fsp3) is 0.318. The number of benzene rings is 2. The highest BCUT2D eigenvalue weighted by Gasteiger charge is 2.21. The lowest BCUT2D eigenvalue weighted by Gasteiger charge is -2.13. The number of anilines is 1. The zero-order valence-electron chi connectivity index (χ0n) is 17.8. The summed E-state index contributed by atoms with van der Waals surface area (Å²) in [5, 5.41) is 9.09. The van der Waals surface area contributed by atoms with E-state index >= 15 is 0 Å². The van der Waals surface area contributed by atoms with E-state index in [9.17, 15) is 13.2 Å². The lowest BCUT2D eigenvalue weighted by atomic mass is 10.1. The quantitative estimate of drug-likeness (QED) is 0.364. The summed E-state index contributed by atoms with van der Waals surface area (Å²) >= 11 is 1.39. The number of thioether (sulfide) groups is 1. The van der Waals surface area contributed by atoms with Gasteiger partial charge in [-0.25, -0.2) is 8.42 Å². The summed E-state index contributed by atoms with van der Waals surface area (Å²) in [5.41, 5.74) is 2.11. The standard InChI is InChI=1S/C22H26N4O3S2/c1-4-14-26-20(15-17-8-6-5-7-9-17)23-24-22(26)30-16(2)21(27)18-10-12-19(13-11-18)25-31(3,28)29/h5-13,16,25H,4,14-15H2,1-3H3/t16-/m1/s1. The zero-order chi connectivity index (χ0) is 22.4. The topological polar surface area (TPSA) is 93.9 Å². The van der Waals surface area contributed by atoms with E-state index in [-0.39, 0.29) is 11.0 Å². The molecule has 0 unspecified atom stereocenters. The number of Topliss-reactive ketones (excluding diaryl/α,β-unsaturated/α-hetero) is 1. The van der Waals surface area contributed by atoms with Crippen LogP contribution in [-0.4, -0.2) is 40.5 Å². The summed E-state index contributed by atoms with van der Waals surface area (Å²) < 4.78 is 27.2. The summed E-state index contributed by atoms with van der Waals surface area (Å²) in [4.78, 5) is 12.9. The van der Waals surface area contributed by atoms with Crippen molar-refractivity contribution in [2.45, 2.75) is 43.6 Å². The van der Waals surface area contributed by atoms with Crippen molar-refractivity contribution in [3.63, 3.8) is 0 Å². The summed E-state index contributed by atoms with van der Waals surface area (Å²) in [6.45, 7) is 4.73. The number of carbonyl (C=O) groups excluding carboxylic acids is 1. The van der Waals surface area contributed by atoms with Gasteiger partial charge in [0.2, 0.25) is 10.0 Å². The van der Waals surface area contributed by atoms with Crippen molar-refractivity contribution in [3.05, 3.63) is 71.5 Å². The molecule has 7 nitrogen and oxygen atoms in total. The Kier molecular flexibility index (Phi) is 7.50. The predicted octanol–water partition coefficient (Wildman–Crippen LogP) is 4.01. The van der Waals surface area contributed by atoms with Crippen LogP contribution in [0, 0.1) is 0 Å². The summed E-state index contributed by atoms with van der Waals surface area (Å²) in [6, 6.07) is 16.5. The molecule has 164 valence electrons. The van der Waals surface area contributed by atoms with Crippen LogP contribution in [0.15, 0.2) is 59.8 Å². The Morgan fingerprint density at radius 3 is 2.39 bits per heavy atom. The smallest absolute Gasteiger partial charge is 0.229 e. The van der Waals surface area contributed by atoms with Gasteiger partial charge >= 0.3 is 0 Å². The molecule has 0 aliphatic carbocycles. The van der Waals surface area contributed by atoms with Gasteiger partial charge in [0, 0.05) is 24.2 Å². The number of nitrogens with zero attached hydrogens (tertiary/aromatic N) is 3. The number of hydrogen-bond acceptors (Lipinski definition) is 6. The van der Waals surface area contributed by atoms with Crippen LogP contribution in [0.5, 0.6) is 0 Å². The number of ketones is 1. The van der Waals surface area contributed by atoms with Crippen molar-refractivity contribution < 1.29 is 13.2 Å². The minimum absolute atomic E-state index is 0.0495. The minimum Gasteiger partial charge on any atom is -0.306 e. The number of sulfonamides is 1. The van der Waals surface area contributed by atoms with E-state index in [1.165, 1.54) is 11.8 Å². The van der Waals surface area contributed by atoms with Crippen molar-refractivity contribution in [1.29, 1.82) is 0 Å². The third-order valence-corrected chi connectivity index (χ3v) is 6.26. The molecule has 1 atom stereocenters. The third-order valence-electron chi connectivity index (χ3n) is 4.57. The molecule has 0 bridgehead atoms. The molecular weight excluding hydrogens is 432 g/mol. The van der Waals surface area contributed by atoms with Crippen molar-refractivity contribution in [1.82, 2.24) is 14.8 Å². The highest BCUT2D eigenvalue weighted by Crippen LogP contribution is 2.26. The molecule has 0 saturated carbocycles. The van der Waals surface area contributed by atoms with Gasteiger partial charge in [-0.15, -0.1) is 10.2 Å². The van der Waals surface area contributed by atoms with Gasteiger partial charge in [-0.2, -0.15) is 0 Å². The van der Waals surface area contributed by atoms with Gasteiger partial charge in [-0.05, 0) is 43.2 Å². The van der Waals surface area contributed by atoms with Crippen LogP contribution in [0.3, 0.4) is 0 Å². The monoisotopic (exact) mass is 458 g/mol. The molecule has 9 heteroatoms. The SMILES string of the molecule is CCCn1c(Cc2ccccc2)nnc1S[C@H](C)C(=O)c1ccc(NS(C)(=O)=O)cc1. The molecule has 0 aliphatic rings. The van der Waals surface area contributed by atoms with E-state index < -0.39 is 10.0 Å². The number of hydrogen-bond donors (Lipinski definition) is 1. The molecule has 0 amide bonds. The molecule has 3 rings (SSSR count). The second kappa shape index (κ2) is 10.1. The third kappa shape index (κ3) is 6.41. The molecule has 1 heterocycles. The lowest BCUT2D eigenvalue weighted by molar-refractivity contribution is 0.0994. The molecule has 1 aromatic heterocycles. The Bertz CT molecular complexity index is 1130. The number of rotatable bonds is 10. The Morgan fingerprint density at radius 2 is 1.77 bits per heavy atom. The van der Waals surface area contributed by atoms with Gasteiger partial charge in [0.05, 0.1) is 11.5 Å². The second-order valence-corrected chi connectivity index (χ2v) is 10.3. The van der Waals surface area contributed by atoms with E-state index in [1.807, 2.05) is 25.1 Å². The van der Waals surface area contributed by atoms with Crippen molar-refractivity contribution in [3.8, 4) is 0 Å². The van der Waals surface area contributed by atoms with Crippen LogP contribution in [0.1, 0.15) is 42.0 Å². The molecular formula is C22H26N4O3S2. The normalized spacial score (nSPS) is 12.5. The lowest BCUT2D eigenvalue weighted by Crippen LogP contribution is -2.15. The highest BCUT2D eigenvalue weighted by atomic mass is 32.2. The Hall–Kier alpha value is -2.65. The number of carbonyl (C=O) groups is 1. The van der Waals surface area contributed by atoms with E-state index in [1.54, 1.807) is 24.3 Å².